The van der Waals surface area contributed by atoms with Gasteiger partial charge in [0.25, 0.3) is 5.91 Å². The van der Waals surface area contributed by atoms with E-state index in [2.05, 4.69) is 20.9 Å². The Labute approximate surface area is 114 Å². The fraction of sp³-hybridized carbons (Fsp3) is 0.545. The van der Waals surface area contributed by atoms with Crippen molar-refractivity contribution < 1.29 is 14.4 Å². The van der Waals surface area contributed by atoms with Crippen molar-refractivity contribution in [3.05, 3.63) is 12.4 Å². The lowest BCUT2D eigenvalue weighted by molar-refractivity contribution is -0.136. The van der Waals surface area contributed by atoms with Crippen molar-refractivity contribution in [3.8, 4) is 0 Å². The van der Waals surface area contributed by atoms with Crippen LogP contribution in [0.2, 0.25) is 0 Å². The highest BCUT2D eigenvalue weighted by atomic mass is 16.2. The van der Waals surface area contributed by atoms with E-state index in [1.165, 1.54) is 10.9 Å². The summed E-state index contributed by atoms with van der Waals surface area (Å²) in [5.74, 6) is -0.510. The molecular weight excluding hydrogens is 264 g/mol. The topological polar surface area (TPSA) is 109 Å². The standard InChI is InChI=1S/C11H14N6O3/c18-8(6-17-5-3-12-15-17)16-4-1-2-11(7-16)9(19)13-10(20)14-11/h3,5H,1-2,4,6-7H2,(H2,13,14,19,20). The van der Waals surface area contributed by atoms with E-state index in [0.29, 0.717) is 19.4 Å². The van der Waals surface area contributed by atoms with Gasteiger partial charge in [0.2, 0.25) is 5.91 Å². The van der Waals surface area contributed by atoms with Gasteiger partial charge in [-0.15, -0.1) is 5.10 Å². The molecule has 1 spiro atoms. The lowest BCUT2D eigenvalue weighted by atomic mass is 9.89. The number of likely N-dealkylation sites (tertiary alicyclic amines) is 1. The van der Waals surface area contributed by atoms with Gasteiger partial charge in [-0.05, 0) is 12.8 Å². The number of carbonyl (C=O) groups is 3. The molecule has 0 saturated carbocycles. The summed E-state index contributed by atoms with van der Waals surface area (Å²) in [5.41, 5.74) is -0.979. The Hall–Kier alpha value is -2.45. The van der Waals surface area contributed by atoms with Gasteiger partial charge in [0.05, 0.1) is 12.7 Å². The van der Waals surface area contributed by atoms with Crippen molar-refractivity contribution in [3.63, 3.8) is 0 Å². The Morgan fingerprint density at radius 1 is 1.45 bits per heavy atom. The van der Waals surface area contributed by atoms with Gasteiger partial charge in [-0.3, -0.25) is 14.9 Å². The third-order valence-corrected chi connectivity index (χ3v) is 3.63. The van der Waals surface area contributed by atoms with Crippen molar-refractivity contribution in [2.45, 2.75) is 24.9 Å². The molecule has 0 bridgehead atoms. The van der Waals surface area contributed by atoms with Crippen molar-refractivity contribution in [2.75, 3.05) is 13.1 Å². The molecule has 2 aliphatic heterocycles. The highest BCUT2D eigenvalue weighted by Gasteiger charge is 2.49. The average molecular weight is 278 g/mol. The van der Waals surface area contributed by atoms with Gasteiger partial charge in [0, 0.05) is 12.7 Å². The minimum absolute atomic E-state index is 0.0750. The molecule has 4 amide bonds. The van der Waals surface area contributed by atoms with Crippen LogP contribution in [-0.2, 0) is 16.1 Å². The Kier molecular flexibility index (Phi) is 2.88. The van der Waals surface area contributed by atoms with Gasteiger partial charge in [0.15, 0.2) is 0 Å². The predicted molar refractivity (Wildman–Crippen MR) is 65.2 cm³/mol. The molecule has 0 aromatic carbocycles. The smallest absolute Gasteiger partial charge is 0.322 e. The van der Waals surface area contributed by atoms with Gasteiger partial charge in [-0.1, -0.05) is 5.21 Å². The zero-order chi connectivity index (χ0) is 14.2. The van der Waals surface area contributed by atoms with Gasteiger partial charge in [0.1, 0.15) is 12.1 Å². The number of urea groups is 1. The van der Waals surface area contributed by atoms with Crippen LogP contribution in [-0.4, -0.2) is 56.4 Å². The zero-order valence-electron chi connectivity index (χ0n) is 10.7. The number of aromatic nitrogens is 3. The number of carbonyl (C=O) groups excluding carboxylic acids is 3. The minimum Gasteiger partial charge on any atom is -0.338 e. The summed E-state index contributed by atoms with van der Waals surface area (Å²) in [6, 6.07) is -0.499. The predicted octanol–water partition coefficient (Wildman–Crippen LogP) is -1.52. The van der Waals surface area contributed by atoms with Gasteiger partial charge >= 0.3 is 6.03 Å². The Morgan fingerprint density at radius 2 is 2.30 bits per heavy atom. The number of hydrogen-bond acceptors (Lipinski definition) is 5. The number of amides is 4. The number of hydrogen-bond donors (Lipinski definition) is 2. The van der Waals surface area contributed by atoms with Crippen LogP contribution in [0, 0.1) is 0 Å². The second-order valence-corrected chi connectivity index (χ2v) is 5.01. The molecule has 1 atom stereocenters. The number of piperidine rings is 1. The highest BCUT2D eigenvalue weighted by molar-refractivity contribution is 6.07. The zero-order valence-corrected chi connectivity index (χ0v) is 10.7. The van der Waals surface area contributed by atoms with Gasteiger partial charge < -0.3 is 10.2 Å². The first-order chi connectivity index (χ1) is 9.59. The molecule has 2 fully saturated rings. The number of nitrogens with zero attached hydrogens (tertiary/aromatic N) is 4. The van der Waals surface area contributed by atoms with E-state index in [1.54, 1.807) is 11.1 Å². The molecule has 1 unspecified atom stereocenters. The largest absolute Gasteiger partial charge is 0.338 e. The van der Waals surface area contributed by atoms with Crippen LogP contribution in [0.4, 0.5) is 4.79 Å². The van der Waals surface area contributed by atoms with Crippen LogP contribution < -0.4 is 10.6 Å². The molecule has 3 heterocycles. The van der Waals surface area contributed by atoms with E-state index in [0.717, 1.165) is 0 Å². The van der Waals surface area contributed by atoms with Crippen molar-refractivity contribution >= 4 is 17.8 Å². The van der Waals surface area contributed by atoms with Crippen LogP contribution in [0.1, 0.15) is 12.8 Å². The fourth-order valence-corrected chi connectivity index (χ4v) is 2.64. The maximum Gasteiger partial charge on any atom is 0.322 e. The fourth-order valence-electron chi connectivity index (χ4n) is 2.64. The summed E-state index contributed by atoms with van der Waals surface area (Å²) >= 11 is 0. The molecule has 1 aromatic heterocycles. The Bertz CT molecular complexity index is 557. The third kappa shape index (κ3) is 2.10. The molecular formula is C11H14N6O3. The molecule has 106 valence electrons. The summed E-state index contributed by atoms with van der Waals surface area (Å²) in [6.07, 6.45) is 4.30. The average Bonchev–Trinajstić information content (AvgIpc) is 2.99. The van der Waals surface area contributed by atoms with E-state index in [4.69, 9.17) is 0 Å². The monoisotopic (exact) mass is 278 g/mol. The first-order valence-electron chi connectivity index (χ1n) is 6.35. The van der Waals surface area contributed by atoms with Gasteiger partial charge in [-0.2, -0.15) is 0 Å². The molecule has 9 heteroatoms. The lowest BCUT2D eigenvalue weighted by Crippen LogP contribution is -2.60. The quantitative estimate of drug-likeness (QED) is 0.638. The maximum atomic E-state index is 12.2. The summed E-state index contributed by atoms with van der Waals surface area (Å²) in [5, 5.41) is 12.2. The number of rotatable bonds is 2. The molecule has 0 radical (unpaired) electrons. The van der Waals surface area contributed by atoms with E-state index in [-0.39, 0.29) is 24.9 Å². The normalized spacial score (nSPS) is 25.7. The second-order valence-electron chi connectivity index (χ2n) is 5.01. The molecule has 20 heavy (non-hydrogen) atoms. The molecule has 2 saturated heterocycles. The van der Waals surface area contributed by atoms with Crippen molar-refractivity contribution in [1.29, 1.82) is 0 Å². The number of nitrogens with one attached hydrogen (secondary N) is 2. The molecule has 2 N–H and O–H groups in total. The van der Waals surface area contributed by atoms with Crippen molar-refractivity contribution in [1.82, 2.24) is 30.5 Å². The molecule has 3 rings (SSSR count). The first kappa shape index (κ1) is 12.6. The van der Waals surface area contributed by atoms with Crippen LogP contribution in [0.15, 0.2) is 12.4 Å². The summed E-state index contributed by atoms with van der Waals surface area (Å²) in [7, 11) is 0. The van der Waals surface area contributed by atoms with Crippen LogP contribution in [0.3, 0.4) is 0 Å². The SMILES string of the molecule is O=C1NC(=O)C2(CCCN(C(=O)Cn3ccnn3)C2)N1. The summed E-state index contributed by atoms with van der Waals surface area (Å²) in [6.45, 7) is 0.835. The first-order valence-corrected chi connectivity index (χ1v) is 6.35. The van der Waals surface area contributed by atoms with Crippen LogP contribution in [0.5, 0.6) is 0 Å². The molecule has 9 nitrogen and oxygen atoms in total. The van der Waals surface area contributed by atoms with E-state index in [9.17, 15) is 14.4 Å². The third-order valence-electron chi connectivity index (χ3n) is 3.63. The molecule has 2 aliphatic rings. The maximum absolute atomic E-state index is 12.2. The second kappa shape index (κ2) is 4.58. The summed E-state index contributed by atoms with van der Waals surface area (Å²) in [4.78, 5) is 36.9. The molecule has 0 aliphatic carbocycles. The van der Waals surface area contributed by atoms with Crippen molar-refractivity contribution in [2.24, 2.45) is 0 Å². The van der Waals surface area contributed by atoms with Gasteiger partial charge in [-0.25, -0.2) is 9.48 Å². The Morgan fingerprint density at radius 3 is 2.95 bits per heavy atom. The van der Waals surface area contributed by atoms with Crippen LogP contribution >= 0.6 is 0 Å². The van der Waals surface area contributed by atoms with Crippen LogP contribution in [0.25, 0.3) is 0 Å². The lowest BCUT2D eigenvalue weighted by Gasteiger charge is -2.37. The van der Waals surface area contributed by atoms with E-state index < -0.39 is 11.6 Å². The Balaban J connectivity index is 1.70. The van der Waals surface area contributed by atoms with E-state index in [1.807, 2.05) is 0 Å². The number of imide groups is 1. The highest BCUT2D eigenvalue weighted by Crippen LogP contribution is 2.24. The summed E-state index contributed by atoms with van der Waals surface area (Å²) < 4.78 is 1.43. The van der Waals surface area contributed by atoms with E-state index >= 15 is 0 Å². The molecule has 1 aromatic rings. The minimum atomic E-state index is -0.979.